The summed E-state index contributed by atoms with van der Waals surface area (Å²) in [6.07, 6.45) is 1.22. The van der Waals surface area contributed by atoms with Gasteiger partial charge in [-0.3, -0.25) is 14.6 Å². The molecule has 0 saturated carbocycles. The van der Waals surface area contributed by atoms with Crippen molar-refractivity contribution < 1.29 is 14.0 Å². The molecule has 1 atom stereocenters. The van der Waals surface area contributed by atoms with Crippen LogP contribution in [0.1, 0.15) is 16.8 Å². The summed E-state index contributed by atoms with van der Waals surface area (Å²) in [6.45, 7) is 1.22. The van der Waals surface area contributed by atoms with Gasteiger partial charge >= 0.3 is 0 Å². The van der Waals surface area contributed by atoms with E-state index in [1.54, 1.807) is 18.2 Å². The molecule has 2 aliphatic heterocycles. The van der Waals surface area contributed by atoms with Crippen LogP contribution in [0.3, 0.4) is 0 Å². The number of anilines is 1. The first-order chi connectivity index (χ1) is 12.0. The molecular weight excluding hydrogens is 347 g/mol. The quantitative estimate of drug-likeness (QED) is 0.871. The molecule has 6 nitrogen and oxygen atoms in total. The first kappa shape index (κ1) is 16.1. The van der Waals surface area contributed by atoms with E-state index >= 15 is 0 Å². The van der Waals surface area contributed by atoms with Crippen LogP contribution in [-0.4, -0.2) is 48.6 Å². The zero-order valence-corrected chi connectivity index (χ0v) is 14.0. The van der Waals surface area contributed by atoms with Gasteiger partial charge in [0.2, 0.25) is 5.91 Å². The molecule has 2 aromatic rings. The highest BCUT2D eigenvalue weighted by Crippen LogP contribution is 2.33. The van der Waals surface area contributed by atoms with Crippen molar-refractivity contribution >= 4 is 40.0 Å². The van der Waals surface area contributed by atoms with Gasteiger partial charge in [-0.15, -0.1) is 0 Å². The number of nitrogens with zero attached hydrogens (tertiary/aromatic N) is 2. The Balaban J connectivity index is 1.58. The minimum absolute atomic E-state index is 0.171. The maximum absolute atomic E-state index is 13.1. The Morgan fingerprint density at radius 3 is 2.84 bits per heavy atom. The van der Waals surface area contributed by atoms with Crippen molar-refractivity contribution in [2.24, 2.45) is 0 Å². The number of rotatable bonds is 3. The second kappa shape index (κ2) is 6.15. The topological polar surface area (TPSA) is 74.3 Å². The van der Waals surface area contributed by atoms with Crippen molar-refractivity contribution in [3.05, 3.63) is 35.0 Å². The van der Waals surface area contributed by atoms with Gasteiger partial charge in [-0.25, -0.2) is 4.39 Å². The van der Waals surface area contributed by atoms with Crippen molar-refractivity contribution in [2.45, 2.75) is 18.6 Å². The molecule has 1 aromatic carbocycles. The summed E-state index contributed by atoms with van der Waals surface area (Å²) >= 11 is 6.30. The zero-order valence-electron chi connectivity index (χ0n) is 13.3. The number of alkyl halides is 1. The third kappa shape index (κ3) is 3.00. The van der Waals surface area contributed by atoms with Gasteiger partial charge in [0.1, 0.15) is 12.2 Å². The SMILES string of the molecule is O=C(N[C@H]1CCNC1=O)c1cnc2cc(N3CC(F)C3)c(Cl)cc2c1. The van der Waals surface area contributed by atoms with Crippen molar-refractivity contribution in [1.29, 1.82) is 0 Å². The Labute approximate surface area is 148 Å². The molecular formula is C17H16ClFN4O2. The predicted octanol–water partition coefficient (Wildman–Crippen LogP) is 1.66. The number of amides is 2. The van der Waals surface area contributed by atoms with Crippen molar-refractivity contribution in [2.75, 3.05) is 24.5 Å². The lowest BCUT2D eigenvalue weighted by Crippen LogP contribution is -2.48. The van der Waals surface area contributed by atoms with Gasteiger partial charge in [-0.2, -0.15) is 0 Å². The van der Waals surface area contributed by atoms with E-state index in [0.717, 1.165) is 11.1 Å². The van der Waals surface area contributed by atoms with Crippen LogP contribution in [0.15, 0.2) is 24.4 Å². The summed E-state index contributed by atoms with van der Waals surface area (Å²) in [7, 11) is 0. The number of hydrogen-bond donors (Lipinski definition) is 2. The summed E-state index contributed by atoms with van der Waals surface area (Å²) in [5, 5.41) is 6.59. The van der Waals surface area contributed by atoms with Crippen LogP contribution >= 0.6 is 11.6 Å². The number of hydrogen-bond acceptors (Lipinski definition) is 4. The number of benzene rings is 1. The summed E-state index contributed by atoms with van der Waals surface area (Å²) in [5.41, 5.74) is 1.79. The van der Waals surface area contributed by atoms with Gasteiger partial charge in [0.25, 0.3) is 5.91 Å². The fraction of sp³-hybridized carbons (Fsp3) is 0.353. The first-order valence-electron chi connectivity index (χ1n) is 8.08. The Morgan fingerprint density at radius 2 is 2.16 bits per heavy atom. The number of fused-ring (bicyclic) bond motifs is 1. The number of halogens is 2. The molecule has 2 amide bonds. The van der Waals surface area contributed by atoms with Crippen molar-refractivity contribution in [3.63, 3.8) is 0 Å². The lowest BCUT2D eigenvalue weighted by atomic mass is 10.1. The average Bonchev–Trinajstić information content (AvgIpc) is 2.96. The third-order valence-electron chi connectivity index (χ3n) is 4.54. The number of carbonyl (C=O) groups is 2. The van der Waals surface area contributed by atoms with Crippen LogP contribution in [0.25, 0.3) is 10.9 Å². The van der Waals surface area contributed by atoms with E-state index in [-0.39, 0.29) is 11.8 Å². The normalized spacial score (nSPS) is 20.5. The fourth-order valence-corrected chi connectivity index (χ4v) is 3.39. The van der Waals surface area contributed by atoms with Crippen LogP contribution in [0.2, 0.25) is 5.02 Å². The fourth-order valence-electron chi connectivity index (χ4n) is 3.10. The molecule has 2 aliphatic rings. The molecule has 2 fully saturated rings. The maximum Gasteiger partial charge on any atom is 0.253 e. The third-order valence-corrected chi connectivity index (χ3v) is 4.85. The number of nitrogens with one attached hydrogen (secondary N) is 2. The predicted molar refractivity (Wildman–Crippen MR) is 92.7 cm³/mol. The largest absolute Gasteiger partial charge is 0.364 e. The highest BCUT2D eigenvalue weighted by Gasteiger charge is 2.28. The van der Waals surface area contributed by atoms with E-state index in [4.69, 9.17) is 11.6 Å². The van der Waals surface area contributed by atoms with Crippen LogP contribution in [0, 0.1) is 0 Å². The molecule has 2 N–H and O–H groups in total. The molecule has 0 unspecified atom stereocenters. The molecule has 2 saturated heterocycles. The van der Waals surface area contributed by atoms with E-state index in [1.807, 2.05) is 4.90 Å². The van der Waals surface area contributed by atoms with Gasteiger partial charge in [-0.1, -0.05) is 11.6 Å². The summed E-state index contributed by atoms with van der Waals surface area (Å²) in [5.74, 6) is -0.518. The Kier molecular flexibility index (Phi) is 3.95. The molecule has 3 heterocycles. The van der Waals surface area contributed by atoms with E-state index in [2.05, 4.69) is 15.6 Å². The summed E-state index contributed by atoms with van der Waals surface area (Å²) in [6, 6.07) is 4.71. The lowest BCUT2D eigenvalue weighted by molar-refractivity contribution is -0.120. The molecule has 0 radical (unpaired) electrons. The van der Waals surface area contributed by atoms with Crippen molar-refractivity contribution in [3.8, 4) is 0 Å². The van der Waals surface area contributed by atoms with Gasteiger partial charge in [0, 0.05) is 18.1 Å². The lowest BCUT2D eigenvalue weighted by Gasteiger charge is -2.37. The van der Waals surface area contributed by atoms with E-state index in [0.29, 0.717) is 42.2 Å². The molecule has 8 heteroatoms. The maximum atomic E-state index is 13.1. The first-order valence-corrected chi connectivity index (χ1v) is 8.46. The minimum Gasteiger partial charge on any atom is -0.364 e. The van der Waals surface area contributed by atoms with Crippen LogP contribution in [-0.2, 0) is 4.79 Å². The summed E-state index contributed by atoms with van der Waals surface area (Å²) < 4.78 is 13.1. The molecule has 4 rings (SSSR count). The van der Waals surface area contributed by atoms with Crippen LogP contribution in [0.5, 0.6) is 0 Å². The van der Waals surface area contributed by atoms with Gasteiger partial charge in [0.15, 0.2) is 0 Å². The molecule has 130 valence electrons. The smallest absolute Gasteiger partial charge is 0.253 e. The number of carbonyl (C=O) groups excluding carboxylic acids is 2. The highest BCUT2D eigenvalue weighted by molar-refractivity contribution is 6.34. The van der Waals surface area contributed by atoms with E-state index in [1.165, 1.54) is 6.20 Å². The van der Waals surface area contributed by atoms with Gasteiger partial charge in [-0.05, 0) is 24.6 Å². The Morgan fingerprint density at radius 1 is 1.36 bits per heavy atom. The number of pyridine rings is 1. The Bertz CT molecular complexity index is 869. The van der Waals surface area contributed by atoms with Crippen LogP contribution < -0.4 is 15.5 Å². The second-order valence-electron chi connectivity index (χ2n) is 6.33. The average molecular weight is 363 g/mol. The van der Waals surface area contributed by atoms with E-state index in [9.17, 15) is 14.0 Å². The molecule has 0 bridgehead atoms. The van der Waals surface area contributed by atoms with Crippen LogP contribution in [0.4, 0.5) is 10.1 Å². The Hall–Kier alpha value is -2.41. The minimum atomic E-state index is -0.821. The molecule has 25 heavy (non-hydrogen) atoms. The van der Waals surface area contributed by atoms with E-state index < -0.39 is 12.2 Å². The van der Waals surface area contributed by atoms with Crippen molar-refractivity contribution in [1.82, 2.24) is 15.6 Å². The highest BCUT2D eigenvalue weighted by atomic mass is 35.5. The zero-order chi connectivity index (χ0) is 17.6. The standard InChI is InChI=1S/C17H16ClFN4O2/c18-12-4-9-3-10(16(24)22-13-1-2-20-17(13)25)6-21-14(9)5-15(12)23-7-11(19)8-23/h3-6,11,13H,1-2,7-8H2,(H,20,25)(H,22,24)/t13-/m0/s1. The molecule has 1 aromatic heterocycles. The summed E-state index contributed by atoms with van der Waals surface area (Å²) in [4.78, 5) is 30.1. The molecule has 0 spiro atoms. The van der Waals surface area contributed by atoms with Gasteiger partial charge in [0.05, 0.1) is 34.9 Å². The second-order valence-corrected chi connectivity index (χ2v) is 6.74. The monoisotopic (exact) mass is 362 g/mol. The number of aromatic nitrogens is 1. The molecule has 0 aliphatic carbocycles. The van der Waals surface area contributed by atoms with Gasteiger partial charge < -0.3 is 15.5 Å².